The number of rotatable bonds is 3. The van der Waals surface area contributed by atoms with Crippen molar-refractivity contribution in [3.05, 3.63) is 138 Å². The molecule has 0 bridgehead atoms. The zero-order valence-electron chi connectivity index (χ0n) is 24.6. The smallest absolute Gasteiger partial charge is 0.310 e. The summed E-state index contributed by atoms with van der Waals surface area (Å²) in [6, 6.07) is 41.1. The van der Waals surface area contributed by atoms with Gasteiger partial charge in [-0.05, 0) is 59.3 Å². The van der Waals surface area contributed by atoms with Gasteiger partial charge in [-0.25, -0.2) is 19.4 Å². The summed E-state index contributed by atoms with van der Waals surface area (Å²) in [5.74, 6) is 1.69. The van der Waals surface area contributed by atoms with E-state index in [2.05, 4.69) is 29.2 Å². The van der Waals surface area contributed by atoms with Gasteiger partial charge in [0.25, 0.3) is 5.56 Å². The van der Waals surface area contributed by atoms with Gasteiger partial charge in [-0.15, -0.1) is 0 Å². The fraction of sp³-hybridized carbons (Fsp3) is 0. The molecule has 6 aromatic carbocycles. The van der Waals surface area contributed by atoms with Crippen LogP contribution in [0.3, 0.4) is 0 Å². The highest BCUT2D eigenvalue weighted by Gasteiger charge is 2.18. The van der Waals surface area contributed by atoms with Crippen molar-refractivity contribution in [2.75, 3.05) is 0 Å². The van der Waals surface area contributed by atoms with Crippen LogP contribution in [0.25, 0.3) is 94.7 Å². The highest BCUT2D eigenvalue weighted by atomic mass is 16.4. The molecular weight excluding hydrogens is 586 g/mol. The monoisotopic (exact) mass is 607 g/mol. The first-order valence-corrected chi connectivity index (χ1v) is 15.2. The predicted molar refractivity (Wildman–Crippen MR) is 183 cm³/mol. The van der Waals surface area contributed by atoms with Crippen LogP contribution < -0.4 is 5.56 Å². The Hall–Kier alpha value is -6.67. The number of nitrogens with zero attached hydrogens (tertiary/aromatic N) is 5. The number of hydrogen-bond donors (Lipinski definition) is 0. The Labute approximate surface area is 265 Å². The van der Waals surface area contributed by atoms with Gasteiger partial charge in [-0.1, -0.05) is 78.9 Å². The lowest BCUT2D eigenvalue weighted by Gasteiger charge is -2.09. The molecule has 8 nitrogen and oxygen atoms in total. The number of fused-ring (bicyclic) bond motifs is 9. The van der Waals surface area contributed by atoms with Gasteiger partial charge in [0.1, 0.15) is 16.7 Å². The molecule has 0 aliphatic heterocycles. The van der Waals surface area contributed by atoms with E-state index >= 15 is 0 Å². The Kier molecular flexibility index (Phi) is 5.27. The molecule has 0 N–H and O–H groups in total. The van der Waals surface area contributed by atoms with Crippen molar-refractivity contribution in [1.29, 1.82) is 0 Å². The van der Waals surface area contributed by atoms with Crippen LogP contribution in [0.5, 0.6) is 0 Å². The van der Waals surface area contributed by atoms with Crippen molar-refractivity contribution in [3.63, 3.8) is 0 Å². The Morgan fingerprint density at radius 2 is 1.19 bits per heavy atom. The SMILES string of the molecule is O=c1c2cc(-c3nc(-c4ccccc4)nc(-c4ccc5c(c4)oc4ccc6ccccc6c45)n3)ccc2oc2nc3ccccc3n12. The summed E-state index contributed by atoms with van der Waals surface area (Å²) in [7, 11) is 0. The van der Waals surface area contributed by atoms with Crippen molar-refractivity contribution >= 4 is 60.6 Å². The van der Waals surface area contributed by atoms with Gasteiger partial charge in [0.15, 0.2) is 17.5 Å². The minimum Gasteiger partial charge on any atom is -0.456 e. The van der Waals surface area contributed by atoms with Crippen molar-refractivity contribution in [2.24, 2.45) is 0 Å². The summed E-state index contributed by atoms with van der Waals surface area (Å²) in [4.78, 5) is 33.0. The molecule has 0 saturated carbocycles. The van der Waals surface area contributed by atoms with Gasteiger partial charge in [0.2, 0.25) is 0 Å². The average Bonchev–Trinajstić information content (AvgIpc) is 3.70. The van der Waals surface area contributed by atoms with Gasteiger partial charge >= 0.3 is 5.84 Å². The largest absolute Gasteiger partial charge is 0.456 e. The molecule has 0 radical (unpaired) electrons. The molecular formula is C39H21N5O3. The molecule has 10 aromatic rings. The van der Waals surface area contributed by atoms with E-state index < -0.39 is 0 Å². The van der Waals surface area contributed by atoms with E-state index in [0.717, 1.165) is 43.8 Å². The summed E-state index contributed by atoms with van der Waals surface area (Å²) in [5, 5.41) is 4.82. The van der Waals surface area contributed by atoms with Crippen LogP contribution in [0.4, 0.5) is 0 Å². The third kappa shape index (κ3) is 3.91. The molecule has 0 atom stereocenters. The molecule has 47 heavy (non-hydrogen) atoms. The normalized spacial score (nSPS) is 11.9. The van der Waals surface area contributed by atoms with E-state index in [4.69, 9.17) is 23.8 Å². The van der Waals surface area contributed by atoms with E-state index in [9.17, 15) is 4.79 Å². The van der Waals surface area contributed by atoms with E-state index in [0.29, 0.717) is 45.0 Å². The topological polar surface area (TPSA) is 99.3 Å². The van der Waals surface area contributed by atoms with E-state index in [1.54, 1.807) is 12.1 Å². The van der Waals surface area contributed by atoms with Crippen molar-refractivity contribution in [1.82, 2.24) is 24.3 Å². The zero-order chi connectivity index (χ0) is 31.1. The maximum absolute atomic E-state index is 13.8. The Morgan fingerprint density at radius 3 is 2.06 bits per heavy atom. The lowest BCUT2D eigenvalue weighted by atomic mass is 10.0. The second-order valence-corrected chi connectivity index (χ2v) is 11.5. The average molecular weight is 608 g/mol. The van der Waals surface area contributed by atoms with Gasteiger partial charge in [-0.2, -0.15) is 4.98 Å². The minimum absolute atomic E-state index is 0.225. The predicted octanol–water partition coefficient (Wildman–Crippen LogP) is 8.83. The van der Waals surface area contributed by atoms with Gasteiger partial charge in [0, 0.05) is 27.5 Å². The van der Waals surface area contributed by atoms with Gasteiger partial charge in [0.05, 0.1) is 16.4 Å². The van der Waals surface area contributed by atoms with Crippen molar-refractivity contribution < 1.29 is 8.83 Å². The molecule has 220 valence electrons. The maximum atomic E-state index is 13.8. The highest BCUT2D eigenvalue weighted by Crippen LogP contribution is 2.36. The van der Waals surface area contributed by atoms with E-state index in [1.807, 2.05) is 91.0 Å². The first-order valence-electron chi connectivity index (χ1n) is 15.2. The molecule has 0 aliphatic carbocycles. The summed E-state index contributed by atoms with van der Waals surface area (Å²) in [5.41, 5.74) is 5.45. The summed E-state index contributed by atoms with van der Waals surface area (Å²) in [6.45, 7) is 0. The Balaban J connectivity index is 1.17. The Morgan fingerprint density at radius 1 is 0.489 bits per heavy atom. The van der Waals surface area contributed by atoms with Crippen LogP contribution in [-0.2, 0) is 0 Å². The summed E-state index contributed by atoms with van der Waals surface area (Å²) in [6.07, 6.45) is 0. The Bertz CT molecular complexity index is 2940. The standard InChI is InChI=1S/C39H21N5O3/c45-38-28-20-24(16-18-31(28)47-39-40-29-12-6-7-13-30(29)44(38)39)36-41-35(23-9-2-1-3-10-23)42-37(43-36)25-14-17-27-33(21-25)46-32-19-15-22-8-4-5-11-26(22)34(27)32/h1-21H. The number of imidazole rings is 1. The van der Waals surface area contributed by atoms with Gasteiger partial charge < -0.3 is 8.83 Å². The third-order valence-electron chi connectivity index (χ3n) is 8.69. The van der Waals surface area contributed by atoms with Crippen LogP contribution >= 0.6 is 0 Å². The number of furan rings is 1. The first-order chi connectivity index (χ1) is 23.2. The van der Waals surface area contributed by atoms with Crippen LogP contribution in [0.1, 0.15) is 0 Å². The number of aromatic nitrogens is 5. The molecule has 0 unspecified atom stereocenters. The lowest BCUT2D eigenvalue weighted by Crippen LogP contribution is -2.12. The molecule has 10 rings (SSSR count). The number of para-hydroxylation sites is 2. The minimum atomic E-state index is -0.225. The molecule has 8 heteroatoms. The van der Waals surface area contributed by atoms with E-state index in [-0.39, 0.29) is 11.4 Å². The molecule has 4 heterocycles. The maximum Gasteiger partial charge on any atom is 0.310 e. The second kappa shape index (κ2) is 9.66. The number of benzene rings is 6. The van der Waals surface area contributed by atoms with Crippen LogP contribution in [0.15, 0.2) is 141 Å². The quantitative estimate of drug-likeness (QED) is 0.198. The number of hydrogen-bond acceptors (Lipinski definition) is 7. The fourth-order valence-corrected chi connectivity index (χ4v) is 6.45. The van der Waals surface area contributed by atoms with Crippen molar-refractivity contribution in [3.8, 4) is 34.2 Å². The lowest BCUT2D eigenvalue weighted by molar-refractivity contribution is 0.616. The van der Waals surface area contributed by atoms with Gasteiger partial charge in [-0.3, -0.25) is 4.79 Å². The molecule has 0 saturated heterocycles. The summed E-state index contributed by atoms with van der Waals surface area (Å²) >= 11 is 0. The van der Waals surface area contributed by atoms with Crippen LogP contribution in [0, 0.1) is 0 Å². The van der Waals surface area contributed by atoms with E-state index in [1.165, 1.54) is 4.40 Å². The summed E-state index contributed by atoms with van der Waals surface area (Å²) < 4.78 is 13.9. The third-order valence-corrected chi connectivity index (χ3v) is 8.69. The highest BCUT2D eigenvalue weighted by molar-refractivity contribution is 6.19. The fourth-order valence-electron chi connectivity index (χ4n) is 6.45. The zero-order valence-corrected chi connectivity index (χ0v) is 24.6. The second-order valence-electron chi connectivity index (χ2n) is 11.5. The van der Waals surface area contributed by atoms with Crippen molar-refractivity contribution in [2.45, 2.75) is 0 Å². The first kappa shape index (κ1) is 25.6. The van der Waals surface area contributed by atoms with Crippen LogP contribution in [0.2, 0.25) is 0 Å². The molecule has 0 spiro atoms. The molecule has 4 aromatic heterocycles. The molecule has 0 aliphatic rings. The molecule has 0 amide bonds. The van der Waals surface area contributed by atoms with Crippen LogP contribution in [-0.4, -0.2) is 24.3 Å². The molecule has 0 fully saturated rings.